The molecule has 4 N–H and O–H groups in total. The molecule has 17 heavy (non-hydrogen) atoms. The summed E-state index contributed by atoms with van der Waals surface area (Å²) in [4.78, 5) is 11.9. The van der Waals surface area contributed by atoms with Crippen LogP contribution < -0.4 is 11.1 Å². The minimum Gasteiger partial charge on any atom is -0.393 e. The number of rotatable bonds is 6. The zero-order chi connectivity index (χ0) is 12.8. The molecule has 100 valence electrons. The first-order chi connectivity index (χ1) is 8.04. The van der Waals surface area contributed by atoms with Crippen molar-refractivity contribution in [3.05, 3.63) is 0 Å². The molecule has 1 aliphatic carbocycles. The number of carbonyl (C=O) groups excluding carboxylic acids is 1. The van der Waals surface area contributed by atoms with E-state index < -0.39 is 0 Å². The lowest BCUT2D eigenvalue weighted by Crippen LogP contribution is -2.39. The molecule has 3 unspecified atom stereocenters. The Bertz CT molecular complexity index is 244. The summed E-state index contributed by atoms with van der Waals surface area (Å²) in [6.45, 7) is 5.18. The summed E-state index contributed by atoms with van der Waals surface area (Å²) in [5, 5.41) is 12.6. The van der Waals surface area contributed by atoms with Gasteiger partial charge in [0.15, 0.2) is 0 Å². The molecule has 0 aromatic carbocycles. The maximum atomic E-state index is 11.9. The molecular formula is C13H26N2O2. The summed E-state index contributed by atoms with van der Waals surface area (Å²) in [6.07, 6.45) is 3.53. The highest BCUT2D eigenvalue weighted by molar-refractivity contribution is 5.78. The first-order valence-corrected chi connectivity index (χ1v) is 6.70. The third-order valence-electron chi connectivity index (χ3n) is 3.57. The summed E-state index contributed by atoms with van der Waals surface area (Å²) in [6, 6.07) is 0. The predicted octanol–water partition coefficient (Wildman–Crippen LogP) is 0.885. The minimum atomic E-state index is -0.239. The zero-order valence-corrected chi connectivity index (χ0v) is 11.0. The molecule has 0 spiro atoms. The van der Waals surface area contributed by atoms with E-state index in [9.17, 15) is 9.90 Å². The molecule has 1 fully saturated rings. The molecule has 0 bridgehead atoms. The van der Waals surface area contributed by atoms with Crippen molar-refractivity contribution in [2.24, 2.45) is 23.5 Å². The standard InChI is InChI=1S/C13H26N2O2/c1-9(2)6-11(7-14)13(17)15-8-10-4-3-5-12(10)16/h9-12,16H,3-8,14H2,1-2H3,(H,15,17). The van der Waals surface area contributed by atoms with Crippen molar-refractivity contribution < 1.29 is 9.90 Å². The van der Waals surface area contributed by atoms with Gasteiger partial charge >= 0.3 is 0 Å². The molecule has 3 atom stereocenters. The summed E-state index contributed by atoms with van der Waals surface area (Å²) in [5.74, 6) is 0.664. The molecule has 0 aliphatic heterocycles. The maximum absolute atomic E-state index is 11.9. The Morgan fingerprint density at radius 2 is 2.18 bits per heavy atom. The highest BCUT2D eigenvalue weighted by Gasteiger charge is 2.26. The van der Waals surface area contributed by atoms with Gasteiger partial charge in [-0.15, -0.1) is 0 Å². The van der Waals surface area contributed by atoms with Gasteiger partial charge in [-0.25, -0.2) is 0 Å². The van der Waals surface area contributed by atoms with E-state index in [2.05, 4.69) is 19.2 Å². The van der Waals surface area contributed by atoms with E-state index in [1.807, 2.05) is 0 Å². The van der Waals surface area contributed by atoms with Gasteiger partial charge in [0.25, 0.3) is 0 Å². The molecule has 4 nitrogen and oxygen atoms in total. The second kappa shape index (κ2) is 6.97. The molecule has 1 saturated carbocycles. The van der Waals surface area contributed by atoms with Crippen LogP contribution in [0.3, 0.4) is 0 Å². The van der Waals surface area contributed by atoms with Crippen molar-refractivity contribution >= 4 is 5.91 Å². The average Bonchev–Trinajstić information content (AvgIpc) is 2.68. The molecule has 0 saturated heterocycles. The first-order valence-electron chi connectivity index (χ1n) is 6.70. The lowest BCUT2D eigenvalue weighted by molar-refractivity contribution is -0.125. The number of aliphatic hydroxyl groups excluding tert-OH is 1. The highest BCUT2D eigenvalue weighted by atomic mass is 16.3. The quantitative estimate of drug-likeness (QED) is 0.647. The van der Waals surface area contributed by atoms with Gasteiger partial charge in [0, 0.05) is 19.0 Å². The summed E-state index contributed by atoms with van der Waals surface area (Å²) < 4.78 is 0. The van der Waals surface area contributed by atoms with E-state index >= 15 is 0 Å². The lowest BCUT2D eigenvalue weighted by Gasteiger charge is -2.20. The maximum Gasteiger partial charge on any atom is 0.224 e. The number of nitrogens with two attached hydrogens (primary N) is 1. The van der Waals surface area contributed by atoms with Gasteiger partial charge in [-0.3, -0.25) is 4.79 Å². The summed E-state index contributed by atoms with van der Waals surface area (Å²) in [7, 11) is 0. The molecular weight excluding hydrogens is 216 g/mol. The van der Waals surface area contributed by atoms with E-state index in [1.54, 1.807) is 0 Å². The van der Waals surface area contributed by atoms with Gasteiger partial charge in [0.2, 0.25) is 5.91 Å². The van der Waals surface area contributed by atoms with Crippen LogP contribution in [0.2, 0.25) is 0 Å². The third-order valence-corrected chi connectivity index (χ3v) is 3.57. The molecule has 1 amide bonds. The number of nitrogens with one attached hydrogen (secondary N) is 1. The topological polar surface area (TPSA) is 75.4 Å². The average molecular weight is 242 g/mol. The van der Waals surface area contributed by atoms with Crippen LogP contribution in [0, 0.1) is 17.8 Å². The predicted molar refractivity (Wildman–Crippen MR) is 68.4 cm³/mol. The largest absolute Gasteiger partial charge is 0.393 e. The number of hydrogen-bond donors (Lipinski definition) is 3. The Morgan fingerprint density at radius 3 is 2.65 bits per heavy atom. The Kier molecular flexibility index (Phi) is 5.92. The normalized spacial score (nSPS) is 26.2. The van der Waals surface area contributed by atoms with Crippen LogP contribution in [0.15, 0.2) is 0 Å². The Morgan fingerprint density at radius 1 is 1.47 bits per heavy atom. The number of carbonyl (C=O) groups is 1. The SMILES string of the molecule is CC(C)CC(CN)C(=O)NCC1CCCC1O. The van der Waals surface area contributed by atoms with Crippen molar-refractivity contribution in [3.8, 4) is 0 Å². The van der Waals surface area contributed by atoms with Gasteiger partial charge in [-0.1, -0.05) is 20.3 Å². The van der Waals surface area contributed by atoms with Crippen LogP contribution in [0.4, 0.5) is 0 Å². The second-order valence-electron chi connectivity index (χ2n) is 5.57. The van der Waals surface area contributed by atoms with E-state index in [0.29, 0.717) is 19.0 Å². The molecule has 4 heteroatoms. The van der Waals surface area contributed by atoms with Crippen LogP contribution in [0.5, 0.6) is 0 Å². The molecule has 0 heterocycles. The van der Waals surface area contributed by atoms with Crippen molar-refractivity contribution in [1.82, 2.24) is 5.32 Å². The molecule has 1 rings (SSSR count). The van der Waals surface area contributed by atoms with Gasteiger partial charge in [0.05, 0.1) is 12.0 Å². The second-order valence-corrected chi connectivity index (χ2v) is 5.57. The van der Waals surface area contributed by atoms with Crippen LogP contribution in [0.1, 0.15) is 39.5 Å². The van der Waals surface area contributed by atoms with Crippen LogP contribution >= 0.6 is 0 Å². The minimum absolute atomic E-state index is 0.0419. The van der Waals surface area contributed by atoms with Gasteiger partial charge in [0.1, 0.15) is 0 Å². The fraction of sp³-hybridized carbons (Fsp3) is 0.923. The molecule has 0 radical (unpaired) electrons. The summed E-state index contributed by atoms with van der Waals surface area (Å²) >= 11 is 0. The van der Waals surface area contributed by atoms with E-state index in [-0.39, 0.29) is 23.8 Å². The van der Waals surface area contributed by atoms with Crippen molar-refractivity contribution in [2.45, 2.75) is 45.6 Å². The number of hydrogen-bond acceptors (Lipinski definition) is 3. The first kappa shape index (κ1) is 14.5. The van der Waals surface area contributed by atoms with E-state index in [4.69, 9.17) is 5.73 Å². The van der Waals surface area contributed by atoms with Gasteiger partial charge in [-0.2, -0.15) is 0 Å². The van der Waals surface area contributed by atoms with Crippen molar-refractivity contribution in [3.63, 3.8) is 0 Å². The van der Waals surface area contributed by atoms with Crippen LogP contribution in [-0.4, -0.2) is 30.2 Å². The fourth-order valence-electron chi connectivity index (χ4n) is 2.51. The lowest BCUT2D eigenvalue weighted by atomic mass is 9.96. The third kappa shape index (κ3) is 4.64. The Hall–Kier alpha value is -0.610. The fourth-order valence-corrected chi connectivity index (χ4v) is 2.51. The smallest absolute Gasteiger partial charge is 0.224 e. The van der Waals surface area contributed by atoms with Crippen molar-refractivity contribution in [2.75, 3.05) is 13.1 Å². The Labute approximate surface area is 104 Å². The van der Waals surface area contributed by atoms with Gasteiger partial charge in [-0.05, 0) is 25.2 Å². The molecule has 0 aromatic heterocycles. The highest BCUT2D eigenvalue weighted by Crippen LogP contribution is 2.24. The van der Waals surface area contributed by atoms with E-state index in [1.165, 1.54) is 0 Å². The summed E-state index contributed by atoms with van der Waals surface area (Å²) in [5.41, 5.74) is 5.62. The van der Waals surface area contributed by atoms with Crippen molar-refractivity contribution in [1.29, 1.82) is 0 Å². The molecule has 1 aliphatic rings. The number of amides is 1. The van der Waals surface area contributed by atoms with E-state index in [0.717, 1.165) is 25.7 Å². The molecule has 0 aromatic rings. The van der Waals surface area contributed by atoms with Crippen LogP contribution in [-0.2, 0) is 4.79 Å². The monoisotopic (exact) mass is 242 g/mol. The number of aliphatic hydroxyl groups is 1. The zero-order valence-electron chi connectivity index (χ0n) is 11.0. The van der Waals surface area contributed by atoms with Crippen LogP contribution in [0.25, 0.3) is 0 Å². The van der Waals surface area contributed by atoms with Gasteiger partial charge < -0.3 is 16.2 Å². The Balaban J connectivity index is 2.31.